The molecule has 1 atom stereocenters. The molecule has 21 heavy (non-hydrogen) atoms. The monoisotopic (exact) mass is 342 g/mol. The molecular weight excluding hydrogens is 330 g/mol. The van der Waals surface area contributed by atoms with Gasteiger partial charge in [-0.1, -0.05) is 0 Å². The third-order valence-electron chi connectivity index (χ3n) is 3.01. The van der Waals surface area contributed by atoms with Crippen molar-refractivity contribution in [1.82, 2.24) is 14.2 Å². The molecule has 118 valence electrons. The molecule has 0 amide bonds. The number of hydrazone groups is 1. The lowest BCUT2D eigenvalue weighted by atomic mass is 10.1. The van der Waals surface area contributed by atoms with E-state index in [1.807, 2.05) is 0 Å². The van der Waals surface area contributed by atoms with Crippen LogP contribution >= 0.6 is 11.6 Å². The van der Waals surface area contributed by atoms with Gasteiger partial charge in [0, 0.05) is 25.4 Å². The summed E-state index contributed by atoms with van der Waals surface area (Å²) in [5.41, 5.74) is -3.04. The lowest BCUT2D eigenvalue weighted by molar-refractivity contribution is -0.175. The quantitative estimate of drug-likeness (QED) is 0.831. The summed E-state index contributed by atoms with van der Waals surface area (Å²) >= 11 is 4.90. The number of rotatable bonds is 3. The number of hydrogen-bond acceptors (Lipinski definition) is 5. The van der Waals surface area contributed by atoms with Gasteiger partial charge in [0.25, 0.3) is 15.7 Å². The molecule has 1 aromatic heterocycles. The molecule has 7 nitrogen and oxygen atoms in total. The highest BCUT2D eigenvalue weighted by atomic mass is 35.5. The smallest absolute Gasteiger partial charge is 0.363 e. The molecule has 2 heterocycles. The Morgan fingerprint density at radius 2 is 2.05 bits per heavy atom. The summed E-state index contributed by atoms with van der Waals surface area (Å²) in [6.45, 7) is 2.72. The van der Waals surface area contributed by atoms with Gasteiger partial charge in [0.15, 0.2) is 0 Å². The molecule has 0 aliphatic carbocycles. The first kappa shape index (κ1) is 16.1. The summed E-state index contributed by atoms with van der Waals surface area (Å²) in [6.07, 6.45) is 0.447. The lowest BCUT2D eigenvalue weighted by Crippen LogP contribution is -2.56. The normalized spacial score (nSPS) is 23.6. The van der Waals surface area contributed by atoms with Gasteiger partial charge in [-0.15, -0.1) is 4.41 Å². The second-order valence-corrected chi connectivity index (χ2v) is 7.04. The van der Waals surface area contributed by atoms with E-state index in [1.54, 1.807) is 0 Å². The molecule has 0 aromatic carbocycles. The molecule has 0 saturated carbocycles. The van der Waals surface area contributed by atoms with Crippen LogP contribution in [0.3, 0.4) is 0 Å². The predicted octanol–water partition coefficient (Wildman–Crippen LogP) is 1.02. The Morgan fingerprint density at radius 3 is 2.48 bits per heavy atom. The van der Waals surface area contributed by atoms with Crippen LogP contribution in [0.1, 0.15) is 19.0 Å². The summed E-state index contributed by atoms with van der Waals surface area (Å²) in [6, 6.07) is 0. The highest BCUT2D eigenvalue weighted by Gasteiger charge is 2.62. The van der Waals surface area contributed by atoms with Crippen molar-refractivity contribution in [2.75, 3.05) is 0 Å². The first-order chi connectivity index (χ1) is 9.39. The zero-order chi connectivity index (χ0) is 16.2. The van der Waals surface area contributed by atoms with Crippen molar-refractivity contribution in [3.63, 3.8) is 0 Å². The van der Waals surface area contributed by atoms with Crippen molar-refractivity contribution in [3.8, 4) is 0 Å². The van der Waals surface area contributed by atoms with E-state index in [2.05, 4.69) is 10.2 Å². The molecule has 1 N–H and O–H groups in total. The van der Waals surface area contributed by atoms with E-state index in [-0.39, 0.29) is 20.7 Å². The van der Waals surface area contributed by atoms with Crippen LogP contribution in [0.5, 0.6) is 0 Å². The number of nitrogens with zero attached hydrogens (tertiary/aromatic N) is 4. The van der Waals surface area contributed by atoms with Gasteiger partial charge in [-0.25, -0.2) is 0 Å². The van der Waals surface area contributed by atoms with E-state index in [1.165, 1.54) is 25.6 Å². The van der Waals surface area contributed by atoms with Gasteiger partial charge < -0.3 is 5.11 Å². The molecule has 1 aliphatic rings. The Morgan fingerprint density at radius 1 is 1.48 bits per heavy atom. The largest absolute Gasteiger partial charge is 0.371 e. The fourth-order valence-electron chi connectivity index (χ4n) is 2.08. The van der Waals surface area contributed by atoms with Crippen LogP contribution in [0.15, 0.2) is 16.2 Å². The van der Waals surface area contributed by atoms with Crippen molar-refractivity contribution in [3.05, 3.63) is 11.9 Å². The van der Waals surface area contributed by atoms with Crippen LogP contribution < -0.4 is 0 Å². The molecule has 2 rings (SSSR count). The summed E-state index contributed by atoms with van der Waals surface area (Å²) in [5, 5.41) is 13.2. The summed E-state index contributed by atoms with van der Waals surface area (Å²) < 4.78 is 53.2. The first-order valence-electron chi connectivity index (χ1n) is 5.78. The summed E-state index contributed by atoms with van der Waals surface area (Å²) in [5.74, 6) is 0. The van der Waals surface area contributed by atoms with Crippen molar-refractivity contribution >= 4 is 27.3 Å². The Labute approximate surface area is 124 Å². The zero-order valence-corrected chi connectivity index (χ0v) is 13.0. The third kappa shape index (κ3) is 2.40. The topological polar surface area (TPSA) is 87.8 Å². The average molecular weight is 343 g/mol. The molecule has 0 saturated heterocycles. The maximum atomic E-state index is 13.5. The van der Waals surface area contributed by atoms with E-state index < -0.39 is 27.6 Å². The maximum Gasteiger partial charge on any atom is 0.371 e. The van der Waals surface area contributed by atoms with Crippen LogP contribution in [0.2, 0.25) is 0 Å². The number of sulfonamides is 1. The molecule has 0 unspecified atom stereocenters. The van der Waals surface area contributed by atoms with Crippen LogP contribution in [0.4, 0.5) is 8.78 Å². The average Bonchev–Trinajstić information content (AvgIpc) is 2.79. The Hall–Kier alpha value is -1.26. The number of aromatic nitrogens is 2. The number of aliphatic hydroxyl groups is 1. The van der Waals surface area contributed by atoms with E-state index in [4.69, 9.17) is 11.6 Å². The third-order valence-corrected chi connectivity index (χ3v) is 5.11. The molecule has 1 aliphatic heterocycles. The van der Waals surface area contributed by atoms with Crippen molar-refractivity contribution in [1.29, 1.82) is 0 Å². The van der Waals surface area contributed by atoms with Gasteiger partial charge in [0.2, 0.25) is 0 Å². The van der Waals surface area contributed by atoms with Gasteiger partial charge in [0.05, 0.1) is 5.69 Å². The minimum atomic E-state index is -4.52. The Kier molecular flexibility index (Phi) is 3.54. The van der Waals surface area contributed by atoms with Crippen LogP contribution in [0.25, 0.3) is 0 Å². The van der Waals surface area contributed by atoms with Gasteiger partial charge >= 0.3 is 5.38 Å². The van der Waals surface area contributed by atoms with E-state index in [0.29, 0.717) is 0 Å². The SMILES string of the molecule is CC1=NN(S(=O)(=O)c2cn(C)nc2C)[C@](O)(C(F)(F)Cl)C1. The fourth-order valence-corrected chi connectivity index (χ4v) is 3.99. The molecule has 0 fully saturated rings. The molecule has 11 heteroatoms. The highest BCUT2D eigenvalue weighted by Crippen LogP contribution is 2.44. The van der Waals surface area contributed by atoms with E-state index in [0.717, 1.165) is 6.20 Å². The summed E-state index contributed by atoms with van der Waals surface area (Å²) in [4.78, 5) is -0.331. The second-order valence-electron chi connectivity index (χ2n) is 4.83. The van der Waals surface area contributed by atoms with Crippen molar-refractivity contribution < 1.29 is 22.3 Å². The van der Waals surface area contributed by atoms with Gasteiger partial charge in [-0.2, -0.15) is 27.4 Å². The van der Waals surface area contributed by atoms with Crippen LogP contribution in [-0.4, -0.2) is 44.5 Å². The lowest BCUT2D eigenvalue weighted by Gasteiger charge is -2.34. The first-order valence-corrected chi connectivity index (χ1v) is 7.60. The van der Waals surface area contributed by atoms with Gasteiger partial charge in [0.1, 0.15) is 4.90 Å². The van der Waals surface area contributed by atoms with E-state index >= 15 is 0 Å². The van der Waals surface area contributed by atoms with Crippen LogP contribution in [-0.2, 0) is 17.1 Å². The predicted molar refractivity (Wildman–Crippen MR) is 70.4 cm³/mol. The maximum absolute atomic E-state index is 13.5. The molecule has 0 spiro atoms. The number of alkyl halides is 3. The van der Waals surface area contributed by atoms with Crippen molar-refractivity contribution in [2.24, 2.45) is 12.1 Å². The number of halogens is 3. The van der Waals surface area contributed by atoms with Gasteiger partial charge in [-0.3, -0.25) is 4.68 Å². The molecule has 1 aromatic rings. The summed E-state index contributed by atoms with van der Waals surface area (Å²) in [7, 11) is -3.05. The molecular formula is C10H13ClF2N4O3S. The number of aryl methyl sites for hydroxylation is 2. The highest BCUT2D eigenvalue weighted by molar-refractivity contribution is 7.89. The second kappa shape index (κ2) is 4.62. The number of hydrogen-bond donors (Lipinski definition) is 1. The van der Waals surface area contributed by atoms with Crippen molar-refractivity contribution in [2.45, 2.75) is 36.3 Å². The Balaban J connectivity index is 2.60. The van der Waals surface area contributed by atoms with Gasteiger partial charge in [-0.05, 0) is 25.4 Å². The van der Waals surface area contributed by atoms with E-state index in [9.17, 15) is 22.3 Å². The minimum Gasteiger partial charge on any atom is -0.363 e. The molecule has 0 bridgehead atoms. The standard InChI is InChI=1S/C10H13ClF2N4O3S/c1-6-4-9(18,10(11,12)13)17(14-6)21(19,20)8-5-16(3)15-7(8)2/h5,18H,4H2,1-3H3/t9-/m1/s1. The zero-order valence-electron chi connectivity index (χ0n) is 11.4. The fraction of sp³-hybridized carbons (Fsp3) is 0.600. The minimum absolute atomic E-state index is 0.0166. The molecule has 0 radical (unpaired) electrons. The van der Waals surface area contributed by atoms with Crippen LogP contribution in [0, 0.1) is 6.92 Å². The Bertz CT molecular complexity index is 712.